The molecule has 17 heteroatoms. The molecule has 0 aliphatic carbocycles. The second-order valence-corrected chi connectivity index (χ2v) is 10.5. The third kappa shape index (κ3) is 14.3. The maximum absolute atomic E-state index is 13.1. The summed E-state index contributed by atoms with van der Waals surface area (Å²) in [7, 11) is 0. The summed E-state index contributed by atoms with van der Waals surface area (Å²) in [5.74, 6) is -6.43. The van der Waals surface area contributed by atoms with E-state index in [0.717, 1.165) is 0 Å². The molecule has 0 radical (unpaired) electrons. The summed E-state index contributed by atoms with van der Waals surface area (Å²) in [5, 5.41) is 37.8. The Morgan fingerprint density at radius 2 is 1.34 bits per heavy atom. The van der Waals surface area contributed by atoms with Crippen molar-refractivity contribution in [3.8, 4) is 5.75 Å². The molecule has 4 amide bonds. The zero-order chi connectivity index (χ0) is 34.9. The Morgan fingerprint density at radius 3 is 1.94 bits per heavy atom. The van der Waals surface area contributed by atoms with E-state index >= 15 is 0 Å². The Labute approximate surface area is 270 Å². The number of hydrogen-bond acceptors (Lipinski definition) is 9. The lowest BCUT2D eigenvalue weighted by Crippen LogP contribution is -2.56. The number of amides is 4. The molecule has 0 saturated carbocycles. The Kier molecular flexibility index (Phi) is 15.1. The molecular formula is C30H40N8O9. The Morgan fingerprint density at radius 1 is 0.745 bits per heavy atom. The fourth-order valence-corrected chi connectivity index (χ4v) is 4.25. The molecule has 2 rings (SSSR count). The van der Waals surface area contributed by atoms with E-state index in [1.54, 1.807) is 30.3 Å². The van der Waals surface area contributed by atoms with Crippen LogP contribution in [0, 0.1) is 0 Å². The minimum absolute atomic E-state index is 0.0204. The zero-order valence-electron chi connectivity index (χ0n) is 25.4. The lowest BCUT2D eigenvalue weighted by Gasteiger charge is -2.22. The van der Waals surface area contributed by atoms with Gasteiger partial charge >= 0.3 is 11.9 Å². The fourth-order valence-electron chi connectivity index (χ4n) is 4.25. The Hall–Kier alpha value is -5.71. The van der Waals surface area contributed by atoms with Crippen molar-refractivity contribution in [1.82, 2.24) is 21.3 Å². The topological polar surface area (TPSA) is 302 Å². The maximum atomic E-state index is 13.1. The van der Waals surface area contributed by atoms with Crippen LogP contribution >= 0.6 is 0 Å². The third-order valence-electron chi connectivity index (χ3n) is 6.66. The van der Waals surface area contributed by atoms with Crippen LogP contribution in [0.15, 0.2) is 59.6 Å². The predicted octanol–water partition coefficient (Wildman–Crippen LogP) is -2.31. The number of nitrogens with one attached hydrogen (secondary N) is 4. The van der Waals surface area contributed by atoms with Crippen molar-refractivity contribution in [2.45, 2.75) is 56.3 Å². The van der Waals surface area contributed by atoms with Crippen LogP contribution in [0.5, 0.6) is 5.75 Å². The quantitative estimate of drug-likeness (QED) is 0.0433. The van der Waals surface area contributed by atoms with Gasteiger partial charge in [0.05, 0.1) is 19.0 Å². The standard InChI is InChI=1S/C30H40N8O9/c31-20(7-4-12-34-30(32)33)26(43)37-21(13-18-8-10-19(39)11-9-18)27(44)35-16-24(40)36-22(15-25(41)42)28(45)38-23(29(46)47)14-17-5-2-1-3-6-17/h1-3,5-6,8-11,20-23,39H,4,7,12-16,31H2,(H,35,44)(H,36,40)(H,37,43)(H,38,45)(H,41,42)(H,46,47)(H4,32,33,34)/t20-,21-,22-,23-/m0/s1. The van der Waals surface area contributed by atoms with Gasteiger partial charge in [-0.05, 0) is 36.1 Å². The van der Waals surface area contributed by atoms with Crippen molar-refractivity contribution < 1.29 is 44.1 Å². The number of rotatable bonds is 19. The van der Waals surface area contributed by atoms with Crippen LogP contribution < -0.4 is 38.5 Å². The van der Waals surface area contributed by atoms with Gasteiger partial charge in [0, 0.05) is 19.4 Å². The van der Waals surface area contributed by atoms with Crippen LogP contribution in [0.4, 0.5) is 0 Å². The molecule has 0 aliphatic heterocycles. The number of carbonyl (C=O) groups excluding carboxylic acids is 4. The lowest BCUT2D eigenvalue weighted by atomic mass is 10.0. The summed E-state index contributed by atoms with van der Waals surface area (Å²) >= 11 is 0. The van der Waals surface area contributed by atoms with E-state index in [0.29, 0.717) is 17.5 Å². The van der Waals surface area contributed by atoms with Gasteiger partial charge in [-0.3, -0.25) is 29.0 Å². The van der Waals surface area contributed by atoms with Gasteiger partial charge in [-0.15, -0.1) is 0 Å². The third-order valence-corrected chi connectivity index (χ3v) is 6.66. The molecule has 13 N–H and O–H groups in total. The molecule has 0 saturated heterocycles. The molecule has 0 aromatic heterocycles. The smallest absolute Gasteiger partial charge is 0.326 e. The van der Waals surface area contributed by atoms with E-state index in [4.69, 9.17) is 17.2 Å². The molecule has 0 heterocycles. The van der Waals surface area contributed by atoms with E-state index in [1.807, 2.05) is 0 Å². The lowest BCUT2D eigenvalue weighted by molar-refractivity contribution is -0.143. The molecule has 0 fully saturated rings. The number of hydrogen-bond donors (Lipinski definition) is 10. The number of aliphatic imine (C=N–C) groups is 1. The first kappa shape index (κ1) is 37.5. The van der Waals surface area contributed by atoms with Crippen molar-refractivity contribution in [2.75, 3.05) is 13.1 Å². The van der Waals surface area contributed by atoms with E-state index in [2.05, 4.69) is 26.3 Å². The summed E-state index contributed by atoms with van der Waals surface area (Å²) in [6.07, 6.45) is -0.447. The number of aromatic hydroxyl groups is 1. The number of benzene rings is 2. The minimum atomic E-state index is -1.67. The number of nitrogens with two attached hydrogens (primary N) is 3. The van der Waals surface area contributed by atoms with Gasteiger partial charge in [-0.2, -0.15) is 0 Å². The number of carboxylic acids is 2. The van der Waals surface area contributed by atoms with Crippen molar-refractivity contribution in [3.63, 3.8) is 0 Å². The molecular weight excluding hydrogens is 616 g/mol. The normalized spacial score (nSPS) is 13.1. The summed E-state index contributed by atoms with van der Waals surface area (Å²) in [6.45, 7) is -0.484. The second kappa shape index (κ2) is 18.9. The van der Waals surface area contributed by atoms with Crippen molar-refractivity contribution >= 4 is 41.5 Å². The molecule has 0 spiro atoms. The number of aliphatic carboxylic acids is 2. The molecule has 0 unspecified atom stereocenters. The highest BCUT2D eigenvalue weighted by Crippen LogP contribution is 2.12. The van der Waals surface area contributed by atoms with E-state index < -0.39 is 72.7 Å². The highest BCUT2D eigenvalue weighted by atomic mass is 16.4. The molecule has 2 aromatic rings. The van der Waals surface area contributed by atoms with Gasteiger partial charge in [0.2, 0.25) is 23.6 Å². The largest absolute Gasteiger partial charge is 0.508 e. The second-order valence-electron chi connectivity index (χ2n) is 10.5. The van der Waals surface area contributed by atoms with Crippen LogP contribution in [-0.4, -0.2) is 94.1 Å². The number of guanidine groups is 1. The minimum Gasteiger partial charge on any atom is -0.508 e. The molecule has 2 aromatic carbocycles. The summed E-state index contributed by atoms with van der Waals surface area (Å²) in [4.78, 5) is 78.5. The van der Waals surface area contributed by atoms with Crippen molar-refractivity contribution in [3.05, 3.63) is 65.7 Å². The van der Waals surface area contributed by atoms with Crippen LogP contribution in [0.25, 0.3) is 0 Å². The van der Waals surface area contributed by atoms with Gasteiger partial charge < -0.3 is 53.8 Å². The van der Waals surface area contributed by atoms with Crippen LogP contribution in [0.3, 0.4) is 0 Å². The summed E-state index contributed by atoms with van der Waals surface area (Å²) in [6, 6.07) is 8.91. The Bertz CT molecular complexity index is 1420. The number of carboxylic acid groups (broad SMARTS) is 2. The van der Waals surface area contributed by atoms with E-state index in [9.17, 15) is 44.1 Å². The van der Waals surface area contributed by atoms with Gasteiger partial charge in [-0.25, -0.2) is 4.79 Å². The van der Waals surface area contributed by atoms with Gasteiger partial charge in [-0.1, -0.05) is 42.5 Å². The number of phenols is 1. The van der Waals surface area contributed by atoms with E-state index in [-0.39, 0.29) is 37.5 Å². The van der Waals surface area contributed by atoms with Gasteiger partial charge in [0.1, 0.15) is 23.9 Å². The summed E-state index contributed by atoms with van der Waals surface area (Å²) < 4.78 is 0. The monoisotopic (exact) mass is 656 g/mol. The highest BCUT2D eigenvalue weighted by Gasteiger charge is 2.29. The fraction of sp³-hybridized carbons (Fsp3) is 0.367. The van der Waals surface area contributed by atoms with Crippen LogP contribution in [0.2, 0.25) is 0 Å². The molecule has 17 nitrogen and oxygen atoms in total. The number of phenolic OH excluding ortho intramolecular Hbond substituents is 1. The molecule has 0 bridgehead atoms. The zero-order valence-corrected chi connectivity index (χ0v) is 25.4. The van der Waals surface area contributed by atoms with E-state index in [1.165, 1.54) is 24.3 Å². The van der Waals surface area contributed by atoms with Gasteiger partial charge in [0.15, 0.2) is 5.96 Å². The first-order valence-electron chi connectivity index (χ1n) is 14.5. The van der Waals surface area contributed by atoms with Crippen molar-refractivity contribution in [2.24, 2.45) is 22.2 Å². The first-order chi connectivity index (χ1) is 22.2. The molecule has 254 valence electrons. The van der Waals surface area contributed by atoms with Crippen LogP contribution in [0.1, 0.15) is 30.4 Å². The number of carbonyl (C=O) groups is 6. The number of nitrogens with zero attached hydrogens (tertiary/aromatic N) is 1. The predicted molar refractivity (Wildman–Crippen MR) is 169 cm³/mol. The molecule has 0 aliphatic rings. The first-order valence-corrected chi connectivity index (χ1v) is 14.5. The average molecular weight is 657 g/mol. The average Bonchev–Trinajstić information content (AvgIpc) is 3.01. The molecule has 47 heavy (non-hydrogen) atoms. The maximum Gasteiger partial charge on any atom is 0.326 e. The van der Waals surface area contributed by atoms with Gasteiger partial charge in [0.25, 0.3) is 0 Å². The highest BCUT2D eigenvalue weighted by molar-refractivity contribution is 5.95. The summed E-state index contributed by atoms with van der Waals surface area (Å²) in [5.41, 5.74) is 17.7. The Balaban J connectivity index is 2.07. The van der Waals surface area contributed by atoms with Crippen LogP contribution in [-0.2, 0) is 41.6 Å². The van der Waals surface area contributed by atoms with Crippen molar-refractivity contribution in [1.29, 1.82) is 0 Å². The SMILES string of the molecule is NC(N)=NCCC[C@H](N)C(=O)N[C@@H](Cc1ccc(O)cc1)C(=O)NCC(=O)N[C@@H](CC(=O)O)C(=O)N[C@@H](Cc1ccccc1)C(=O)O. The molecule has 4 atom stereocenters.